The Bertz CT molecular complexity index is 656. The van der Waals surface area contributed by atoms with Gasteiger partial charge in [0.25, 0.3) is 0 Å². The largest absolute Gasteiger partial charge is 0.225 e. The van der Waals surface area contributed by atoms with E-state index in [-0.39, 0.29) is 5.28 Å². The molecule has 1 heterocycles. The molecule has 25 heavy (non-hydrogen) atoms. The fraction of sp³-hybridized carbons (Fsp3) is 0.286. The fourth-order valence-electron chi connectivity index (χ4n) is 2.15. The Kier molecular flexibility index (Phi) is 10.1. The van der Waals surface area contributed by atoms with E-state index in [2.05, 4.69) is 39.2 Å². The number of halogens is 1. The van der Waals surface area contributed by atoms with Gasteiger partial charge >= 0.3 is 0 Å². The lowest BCUT2D eigenvalue weighted by atomic mass is 10.1. The first kappa shape index (κ1) is 20.8. The third-order valence-electron chi connectivity index (χ3n) is 3.11. The average Bonchev–Trinajstić information content (AvgIpc) is 2.66. The van der Waals surface area contributed by atoms with Crippen LogP contribution in [0.3, 0.4) is 0 Å². The first-order chi connectivity index (χ1) is 12.3. The summed E-state index contributed by atoms with van der Waals surface area (Å²) in [6.07, 6.45) is 1.32. The highest BCUT2D eigenvalue weighted by molar-refractivity contribution is 6.28. The molecule has 0 atom stereocenters. The standard InChI is InChI=1S/C17H14ClN3.2C2H6/c18-17-20-15(11-13-7-3-1-4-8-13)19-16(21-17)12-14-9-5-2-6-10-14;2*1-2/h1-10H,11-12H2;2*1-2H3. The second kappa shape index (κ2) is 12.2. The van der Waals surface area contributed by atoms with Gasteiger partial charge in [-0.2, -0.15) is 0 Å². The predicted octanol–water partition coefficient (Wildman–Crippen LogP) is 5.76. The molecule has 0 spiro atoms. The number of nitrogens with zero attached hydrogens (tertiary/aromatic N) is 3. The second-order valence-corrected chi connectivity index (χ2v) is 5.10. The predicted molar refractivity (Wildman–Crippen MR) is 106 cm³/mol. The fourth-order valence-corrected chi connectivity index (χ4v) is 2.35. The zero-order valence-electron chi connectivity index (χ0n) is 15.4. The number of benzene rings is 2. The van der Waals surface area contributed by atoms with E-state index in [1.165, 1.54) is 0 Å². The molecule has 1 aromatic heterocycles. The summed E-state index contributed by atoms with van der Waals surface area (Å²) in [6.45, 7) is 8.00. The van der Waals surface area contributed by atoms with Crippen molar-refractivity contribution in [1.82, 2.24) is 15.0 Å². The van der Waals surface area contributed by atoms with E-state index in [9.17, 15) is 0 Å². The van der Waals surface area contributed by atoms with Crippen LogP contribution in [0.4, 0.5) is 0 Å². The first-order valence-electron chi connectivity index (χ1n) is 8.77. The molecular weight excluding hydrogens is 330 g/mol. The Morgan fingerprint density at radius 3 is 1.32 bits per heavy atom. The van der Waals surface area contributed by atoms with Crippen LogP contribution in [0, 0.1) is 0 Å². The molecule has 0 saturated heterocycles. The monoisotopic (exact) mass is 355 g/mol. The van der Waals surface area contributed by atoms with E-state index in [0.717, 1.165) is 11.1 Å². The summed E-state index contributed by atoms with van der Waals surface area (Å²) in [5.74, 6) is 1.40. The van der Waals surface area contributed by atoms with E-state index in [1.54, 1.807) is 0 Å². The summed E-state index contributed by atoms with van der Waals surface area (Å²) in [4.78, 5) is 12.9. The van der Waals surface area contributed by atoms with Crippen LogP contribution in [-0.2, 0) is 12.8 Å². The number of hydrogen-bond donors (Lipinski definition) is 0. The minimum Gasteiger partial charge on any atom is -0.217 e. The van der Waals surface area contributed by atoms with Gasteiger partial charge in [0.1, 0.15) is 11.6 Å². The zero-order valence-corrected chi connectivity index (χ0v) is 16.2. The highest BCUT2D eigenvalue weighted by Crippen LogP contribution is 2.11. The number of rotatable bonds is 4. The summed E-state index contributed by atoms with van der Waals surface area (Å²) >= 11 is 6.02. The van der Waals surface area contributed by atoms with Gasteiger partial charge in [0.05, 0.1) is 0 Å². The molecule has 0 fully saturated rings. The van der Waals surface area contributed by atoms with E-state index in [0.29, 0.717) is 24.5 Å². The molecule has 0 bridgehead atoms. The highest BCUT2D eigenvalue weighted by Gasteiger charge is 2.07. The Morgan fingerprint density at radius 2 is 0.960 bits per heavy atom. The zero-order chi connectivity index (χ0) is 18.5. The molecule has 0 radical (unpaired) electrons. The van der Waals surface area contributed by atoms with E-state index in [1.807, 2.05) is 64.1 Å². The van der Waals surface area contributed by atoms with Crippen molar-refractivity contribution in [3.8, 4) is 0 Å². The van der Waals surface area contributed by atoms with Crippen molar-refractivity contribution in [2.24, 2.45) is 0 Å². The third kappa shape index (κ3) is 7.44. The molecule has 2 aromatic carbocycles. The van der Waals surface area contributed by atoms with Crippen LogP contribution < -0.4 is 0 Å². The maximum atomic E-state index is 6.02. The topological polar surface area (TPSA) is 38.7 Å². The van der Waals surface area contributed by atoms with Crippen molar-refractivity contribution in [3.05, 3.63) is 88.7 Å². The van der Waals surface area contributed by atoms with E-state index < -0.39 is 0 Å². The van der Waals surface area contributed by atoms with Gasteiger partial charge in [-0.15, -0.1) is 0 Å². The number of aromatic nitrogens is 3. The average molecular weight is 356 g/mol. The quantitative estimate of drug-likeness (QED) is 0.597. The molecule has 0 aliphatic rings. The Morgan fingerprint density at radius 1 is 0.600 bits per heavy atom. The minimum atomic E-state index is 0.252. The molecule has 0 aliphatic heterocycles. The maximum absolute atomic E-state index is 6.02. The van der Waals surface area contributed by atoms with Crippen LogP contribution in [-0.4, -0.2) is 15.0 Å². The first-order valence-corrected chi connectivity index (χ1v) is 9.14. The van der Waals surface area contributed by atoms with Crippen molar-refractivity contribution >= 4 is 11.6 Å². The molecule has 132 valence electrons. The van der Waals surface area contributed by atoms with Crippen LogP contribution in [0.5, 0.6) is 0 Å². The van der Waals surface area contributed by atoms with E-state index >= 15 is 0 Å². The maximum Gasteiger partial charge on any atom is 0.225 e. The lowest BCUT2D eigenvalue weighted by Crippen LogP contribution is -2.05. The van der Waals surface area contributed by atoms with Gasteiger partial charge in [-0.3, -0.25) is 0 Å². The molecule has 0 saturated carbocycles. The molecule has 3 aromatic rings. The Balaban J connectivity index is 0.000000730. The van der Waals surface area contributed by atoms with Crippen LogP contribution in [0.1, 0.15) is 50.5 Å². The summed E-state index contributed by atoms with van der Waals surface area (Å²) < 4.78 is 0. The Labute approximate surface area is 156 Å². The van der Waals surface area contributed by atoms with Gasteiger partial charge < -0.3 is 0 Å². The van der Waals surface area contributed by atoms with Crippen molar-refractivity contribution in [2.75, 3.05) is 0 Å². The number of hydrogen-bond acceptors (Lipinski definition) is 3. The van der Waals surface area contributed by atoms with Gasteiger partial charge in [-0.1, -0.05) is 88.4 Å². The van der Waals surface area contributed by atoms with E-state index in [4.69, 9.17) is 11.6 Å². The lowest BCUT2D eigenvalue weighted by molar-refractivity contribution is 0.849. The van der Waals surface area contributed by atoms with Gasteiger partial charge in [0.2, 0.25) is 5.28 Å². The molecule has 4 heteroatoms. The van der Waals surface area contributed by atoms with Crippen LogP contribution in [0.25, 0.3) is 0 Å². The molecule has 0 N–H and O–H groups in total. The molecule has 0 aliphatic carbocycles. The lowest BCUT2D eigenvalue weighted by Gasteiger charge is -2.05. The summed E-state index contributed by atoms with van der Waals surface area (Å²) in [5.41, 5.74) is 2.32. The van der Waals surface area contributed by atoms with Crippen molar-refractivity contribution < 1.29 is 0 Å². The smallest absolute Gasteiger partial charge is 0.217 e. The normalized spacial score (nSPS) is 9.32. The molecule has 3 nitrogen and oxygen atoms in total. The van der Waals surface area contributed by atoms with Gasteiger partial charge in [-0.25, -0.2) is 15.0 Å². The van der Waals surface area contributed by atoms with Crippen LogP contribution >= 0.6 is 11.6 Å². The molecule has 0 unspecified atom stereocenters. The van der Waals surface area contributed by atoms with Crippen LogP contribution in [0.2, 0.25) is 5.28 Å². The van der Waals surface area contributed by atoms with Gasteiger partial charge in [-0.05, 0) is 22.7 Å². The second-order valence-electron chi connectivity index (χ2n) is 4.76. The molecule has 0 amide bonds. The van der Waals surface area contributed by atoms with Crippen molar-refractivity contribution in [3.63, 3.8) is 0 Å². The van der Waals surface area contributed by atoms with Crippen LogP contribution in [0.15, 0.2) is 60.7 Å². The van der Waals surface area contributed by atoms with Gasteiger partial charge in [0.15, 0.2) is 0 Å². The van der Waals surface area contributed by atoms with Crippen molar-refractivity contribution in [2.45, 2.75) is 40.5 Å². The molecule has 3 rings (SSSR count). The Hall–Kier alpha value is -2.26. The summed E-state index contributed by atoms with van der Waals surface area (Å²) in [7, 11) is 0. The van der Waals surface area contributed by atoms with Crippen molar-refractivity contribution in [1.29, 1.82) is 0 Å². The summed E-state index contributed by atoms with van der Waals surface area (Å²) in [5, 5.41) is 0.252. The minimum absolute atomic E-state index is 0.252. The highest BCUT2D eigenvalue weighted by atomic mass is 35.5. The molecular formula is C21H26ClN3. The third-order valence-corrected chi connectivity index (χ3v) is 3.28. The van der Waals surface area contributed by atoms with Gasteiger partial charge in [0, 0.05) is 12.8 Å². The SMILES string of the molecule is CC.CC.Clc1nc(Cc2ccccc2)nc(Cc2ccccc2)n1. The summed E-state index contributed by atoms with van der Waals surface area (Å²) in [6, 6.07) is 20.2.